The third-order valence-corrected chi connectivity index (χ3v) is 4.22. The zero-order chi connectivity index (χ0) is 15.7. The lowest BCUT2D eigenvalue weighted by atomic mass is 9.99. The number of nitrogen functional groups attached to an aromatic ring is 1. The molecule has 122 valence electrons. The Kier molecular flexibility index (Phi) is 5.34. The molecule has 0 atom stereocenters. The minimum atomic E-state index is -0.384. The predicted octanol–water partition coefficient (Wildman–Crippen LogP) is 4.21. The number of nitro groups is 1. The molecule has 0 aromatic heterocycles. The Morgan fingerprint density at radius 3 is 2.83 bits per heavy atom. The highest BCUT2D eigenvalue weighted by atomic mass is 35.5. The zero-order valence-corrected chi connectivity index (χ0v) is 13.9. The average molecular weight is 354 g/mol. The van der Waals surface area contributed by atoms with Crippen LogP contribution in [0, 0.1) is 10.1 Å². The number of rotatable bonds is 3. The number of nitro benzene ring substituents is 1. The van der Waals surface area contributed by atoms with Crippen molar-refractivity contribution in [1.29, 1.82) is 0 Å². The molecule has 0 spiro atoms. The lowest BCUT2D eigenvalue weighted by molar-refractivity contribution is -0.385. The molecular formula is C16H17Cl2N3O2. The Morgan fingerprint density at radius 1 is 1.30 bits per heavy atom. The summed E-state index contributed by atoms with van der Waals surface area (Å²) < 4.78 is 0. The van der Waals surface area contributed by atoms with Gasteiger partial charge in [0.2, 0.25) is 0 Å². The lowest BCUT2D eigenvalue weighted by Crippen LogP contribution is -2.29. The first kappa shape index (κ1) is 17.4. The molecule has 0 saturated heterocycles. The maximum absolute atomic E-state index is 11.2. The lowest BCUT2D eigenvalue weighted by Gasteiger charge is -2.32. The van der Waals surface area contributed by atoms with Gasteiger partial charge < -0.3 is 10.6 Å². The van der Waals surface area contributed by atoms with E-state index in [2.05, 4.69) is 4.90 Å². The summed E-state index contributed by atoms with van der Waals surface area (Å²) in [5.74, 6) is 0. The summed E-state index contributed by atoms with van der Waals surface area (Å²) in [5.41, 5.74) is 9.74. The van der Waals surface area contributed by atoms with Gasteiger partial charge in [0, 0.05) is 41.1 Å². The van der Waals surface area contributed by atoms with Crippen molar-refractivity contribution in [1.82, 2.24) is 0 Å². The highest BCUT2D eigenvalue weighted by Gasteiger charge is 2.22. The Bertz CT molecular complexity index is 737. The number of anilines is 2. The molecule has 1 aliphatic heterocycles. The van der Waals surface area contributed by atoms with Crippen LogP contribution in [0.25, 0.3) is 0 Å². The first-order chi connectivity index (χ1) is 10.6. The summed E-state index contributed by atoms with van der Waals surface area (Å²) in [4.78, 5) is 13.0. The van der Waals surface area contributed by atoms with Gasteiger partial charge in [0.05, 0.1) is 4.92 Å². The Hall–Kier alpha value is -1.98. The van der Waals surface area contributed by atoms with Crippen LogP contribution >= 0.6 is 24.0 Å². The molecule has 1 aliphatic rings. The van der Waals surface area contributed by atoms with E-state index in [1.165, 1.54) is 6.07 Å². The largest absolute Gasteiger partial charge is 0.398 e. The van der Waals surface area contributed by atoms with E-state index < -0.39 is 0 Å². The second-order valence-electron chi connectivity index (χ2n) is 5.40. The normalized spacial score (nSPS) is 13.2. The molecule has 5 nitrogen and oxygen atoms in total. The Morgan fingerprint density at radius 2 is 2.09 bits per heavy atom. The summed E-state index contributed by atoms with van der Waals surface area (Å²) in [7, 11) is 0. The molecule has 7 heteroatoms. The smallest absolute Gasteiger partial charge is 0.275 e. The van der Waals surface area contributed by atoms with Crippen molar-refractivity contribution in [2.75, 3.05) is 17.2 Å². The molecule has 0 saturated carbocycles. The van der Waals surface area contributed by atoms with Gasteiger partial charge in [-0.25, -0.2) is 0 Å². The number of nitrogens with zero attached hydrogens (tertiary/aromatic N) is 2. The van der Waals surface area contributed by atoms with Crippen molar-refractivity contribution in [3.05, 3.63) is 62.7 Å². The van der Waals surface area contributed by atoms with Gasteiger partial charge in [-0.05, 0) is 42.7 Å². The van der Waals surface area contributed by atoms with Crippen molar-refractivity contribution in [2.45, 2.75) is 19.4 Å². The van der Waals surface area contributed by atoms with E-state index in [1.54, 1.807) is 12.1 Å². The standard InChI is InChI=1S/C16H16ClN3O2.ClH/c17-12-7-6-11(16(9-12)20(21)22)10-19-8-2-3-13-14(18)4-1-5-15(13)19;/h1,4-7,9H,2-3,8,10,18H2;1H. The summed E-state index contributed by atoms with van der Waals surface area (Å²) in [5, 5.41) is 11.6. The van der Waals surface area contributed by atoms with Gasteiger partial charge in [-0.1, -0.05) is 17.7 Å². The first-order valence-corrected chi connectivity index (χ1v) is 7.49. The molecule has 3 rings (SSSR count). The Balaban J connectivity index is 0.00000192. The molecule has 2 aromatic carbocycles. The van der Waals surface area contributed by atoms with Crippen LogP contribution in [0.4, 0.5) is 17.1 Å². The fourth-order valence-corrected chi connectivity index (χ4v) is 3.10. The molecule has 0 radical (unpaired) electrons. The van der Waals surface area contributed by atoms with E-state index in [0.717, 1.165) is 36.3 Å². The average Bonchev–Trinajstić information content (AvgIpc) is 2.50. The second-order valence-corrected chi connectivity index (χ2v) is 5.84. The third-order valence-electron chi connectivity index (χ3n) is 3.99. The van der Waals surface area contributed by atoms with Gasteiger partial charge >= 0.3 is 0 Å². The van der Waals surface area contributed by atoms with Gasteiger partial charge in [-0.3, -0.25) is 10.1 Å². The van der Waals surface area contributed by atoms with Crippen molar-refractivity contribution < 1.29 is 4.92 Å². The third kappa shape index (κ3) is 3.51. The van der Waals surface area contributed by atoms with Gasteiger partial charge in [-0.15, -0.1) is 12.4 Å². The molecular weight excluding hydrogens is 337 g/mol. The molecule has 0 bridgehead atoms. The van der Waals surface area contributed by atoms with Crippen molar-refractivity contribution in [3.63, 3.8) is 0 Å². The fourth-order valence-electron chi connectivity index (χ4n) is 2.94. The first-order valence-electron chi connectivity index (χ1n) is 7.11. The van der Waals surface area contributed by atoms with Gasteiger partial charge in [-0.2, -0.15) is 0 Å². The summed E-state index contributed by atoms with van der Waals surface area (Å²) in [6.45, 7) is 1.33. The number of benzene rings is 2. The molecule has 0 aliphatic carbocycles. The monoisotopic (exact) mass is 353 g/mol. The van der Waals surface area contributed by atoms with E-state index in [9.17, 15) is 10.1 Å². The van der Waals surface area contributed by atoms with Crippen LogP contribution in [0.2, 0.25) is 5.02 Å². The topological polar surface area (TPSA) is 72.4 Å². The van der Waals surface area contributed by atoms with E-state index >= 15 is 0 Å². The molecule has 1 heterocycles. The van der Waals surface area contributed by atoms with Gasteiger partial charge in [0.1, 0.15) is 0 Å². The molecule has 0 fully saturated rings. The van der Waals surface area contributed by atoms with Crippen molar-refractivity contribution in [3.8, 4) is 0 Å². The number of hydrogen-bond donors (Lipinski definition) is 1. The molecule has 2 aromatic rings. The van der Waals surface area contributed by atoms with Crippen LogP contribution in [-0.4, -0.2) is 11.5 Å². The van der Waals surface area contributed by atoms with E-state index in [4.69, 9.17) is 17.3 Å². The predicted molar refractivity (Wildman–Crippen MR) is 95.6 cm³/mol. The van der Waals surface area contributed by atoms with Gasteiger partial charge in [0.25, 0.3) is 5.69 Å². The van der Waals surface area contributed by atoms with Crippen LogP contribution in [0.5, 0.6) is 0 Å². The van der Waals surface area contributed by atoms with Crippen LogP contribution in [0.3, 0.4) is 0 Å². The minimum Gasteiger partial charge on any atom is -0.398 e. The zero-order valence-electron chi connectivity index (χ0n) is 12.4. The highest BCUT2D eigenvalue weighted by molar-refractivity contribution is 6.30. The van der Waals surface area contributed by atoms with E-state index in [-0.39, 0.29) is 23.0 Å². The van der Waals surface area contributed by atoms with Crippen LogP contribution in [0.15, 0.2) is 36.4 Å². The van der Waals surface area contributed by atoms with E-state index in [1.807, 2.05) is 18.2 Å². The quantitative estimate of drug-likeness (QED) is 0.509. The minimum absolute atomic E-state index is 0. The number of nitrogens with two attached hydrogens (primary N) is 1. The van der Waals surface area contributed by atoms with Gasteiger partial charge in [0.15, 0.2) is 0 Å². The van der Waals surface area contributed by atoms with Crippen molar-refractivity contribution in [2.24, 2.45) is 0 Å². The number of halogens is 2. The van der Waals surface area contributed by atoms with Crippen molar-refractivity contribution >= 4 is 41.1 Å². The van der Waals surface area contributed by atoms with Crippen LogP contribution in [-0.2, 0) is 13.0 Å². The van der Waals surface area contributed by atoms with Crippen LogP contribution in [0.1, 0.15) is 17.5 Å². The fraction of sp³-hybridized carbons (Fsp3) is 0.250. The molecule has 0 unspecified atom stereocenters. The maximum atomic E-state index is 11.2. The van der Waals surface area contributed by atoms with E-state index in [0.29, 0.717) is 17.1 Å². The summed E-state index contributed by atoms with van der Waals surface area (Å²) >= 11 is 5.87. The maximum Gasteiger partial charge on any atom is 0.275 e. The SMILES string of the molecule is Cl.Nc1cccc2c1CCCN2Cc1ccc(Cl)cc1[N+](=O)[O-]. The number of fused-ring (bicyclic) bond motifs is 1. The Labute approximate surface area is 145 Å². The summed E-state index contributed by atoms with van der Waals surface area (Å²) in [6.07, 6.45) is 1.93. The molecule has 23 heavy (non-hydrogen) atoms. The molecule has 2 N–H and O–H groups in total. The van der Waals surface area contributed by atoms with Crippen LogP contribution < -0.4 is 10.6 Å². The number of hydrogen-bond acceptors (Lipinski definition) is 4. The molecule has 0 amide bonds. The second kappa shape index (κ2) is 7.06. The summed E-state index contributed by atoms with van der Waals surface area (Å²) in [6, 6.07) is 10.7. The highest BCUT2D eigenvalue weighted by Crippen LogP contribution is 2.33.